The van der Waals surface area contributed by atoms with E-state index in [1.807, 2.05) is 0 Å². The maximum atomic E-state index is 11.4. The fraction of sp³-hybridized carbons (Fsp3) is 0.889. The van der Waals surface area contributed by atoms with Crippen molar-refractivity contribution in [3.63, 3.8) is 0 Å². The number of carbonyl (C=O) groups excluding carboxylic acids is 1. The second-order valence-electron chi connectivity index (χ2n) is 3.52. The molecule has 0 radical (unpaired) electrons. The van der Waals surface area contributed by atoms with Crippen LogP contribution in [-0.4, -0.2) is 11.8 Å². The average molecular weight is 169 g/mol. The van der Waals surface area contributed by atoms with Crippen LogP contribution in [0.2, 0.25) is 0 Å². The third-order valence-corrected chi connectivity index (χ3v) is 2.60. The number of nitrogens with zero attached hydrogens (tertiary/aromatic N) is 1. The summed E-state index contributed by atoms with van der Waals surface area (Å²) in [7, 11) is 0. The minimum Gasteiger partial charge on any atom is -0.299 e. The van der Waals surface area contributed by atoms with Crippen molar-refractivity contribution in [1.29, 1.82) is 0 Å². The molecule has 0 aromatic carbocycles. The third kappa shape index (κ3) is 2.13. The van der Waals surface area contributed by atoms with E-state index < -0.39 is 0 Å². The van der Waals surface area contributed by atoms with Crippen LogP contribution in [0, 0.1) is 10.8 Å². The molecular formula is C9H15NO2. The maximum absolute atomic E-state index is 11.4. The Hall–Kier alpha value is -0.730. The lowest BCUT2D eigenvalue weighted by Gasteiger charge is -2.13. The summed E-state index contributed by atoms with van der Waals surface area (Å²) in [5.41, 5.74) is 0. The number of rotatable bonds is 2. The van der Waals surface area contributed by atoms with E-state index in [1.165, 1.54) is 0 Å². The van der Waals surface area contributed by atoms with Gasteiger partial charge in [-0.2, -0.15) is 4.91 Å². The molecule has 0 aliphatic heterocycles. The first-order valence-corrected chi connectivity index (χ1v) is 4.61. The molecule has 2 unspecified atom stereocenters. The molecule has 0 spiro atoms. The summed E-state index contributed by atoms with van der Waals surface area (Å²) in [5, 5.41) is 2.93. The Morgan fingerprint density at radius 2 is 2.17 bits per heavy atom. The average Bonchev–Trinajstić information content (AvgIpc) is 2.28. The van der Waals surface area contributed by atoms with Gasteiger partial charge in [0.2, 0.25) is 0 Å². The first-order valence-electron chi connectivity index (χ1n) is 4.61. The maximum Gasteiger partial charge on any atom is 0.138 e. The summed E-state index contributed by atoms with van der Waals surface area (Å²) in [6, 6.07) is -0.324. The second kappa shape index (κ2) is 4.33. The van der Waals surface area contributed by atoms with Gasteiger partial charge in [0.05, 0.1) is 6.04 Å². The highest BCUT2D eigenvalue weighted by molar-refractivity contribution is 5.81. The van der Waals surface area contributed by atoms with Crippen LogP contribution in [0.25, 0.3) is 0 Å². The van der Waals surface area contributed by atoms with E-state index in [4.69, 9.17) is 0 Å². The van der Waals surface area contributed by atoms with Gasteiger partial charge in [-0.1, -0.05) is 18.0 Å². The SMILES string of the molecule is CC(N=O)C1CCCCCC1=O. The molecule has 1 rings (SSSR count). The molecular weight excluding hydrogens is 154 g/mol. The minimum atomic E-state index is -0.324. The third-order valence-electron chi connectivity index (χ3n) is 2.60. The number of nitroso groups, excluding NO2 is 1. The van der Waals surface area contributed by atoms with Crippen molar-refractivity contribution in [2.45, 2.75) is 45.1 Å². The number of carbonyl (C=O) groups is 1. The van der Waals surface area contributed by atoms with Crippen LogP contribution >= 0.6 is 0 Å². The largest absolute Gasteiger partial charge is 0.299 e. The minimum absolute atomic E-state index is 0.0926. The first kappa shape index (κ1) is 9.36. The van der Waals surface area contributed by atoms with Gasteiger partial charge in [-0.05, 0) is 19.8 Å². The summed E-state index contributed by atoms with van der Waals surface area (Å²) in [6.07, 6.45) is 4.67. The van der Waals surface area contributed by atoms with Crippen LogP contribution < -0.4 is 0 Å². The van der Waals surface area contributed by atoms with Crippen LogP contribution in [0.5, 0.6) is 0 Å². The summed E-state index contributed by atoms with van der Waals surface area (Å²) < 4.78 is 0. The van der Waals surface area contributed by atoms with Crippen molar-refractivity contribution in [2.75, 3.05) is 0 Å². The normalized spacial score (nSPS) is 27.8. The van der Waals surface area contributed by atoms with Gasteiger partial charge in [-0.25, -0.2) is 0 Å². The van der Waals surface area contributed by atoms with E-state index in [1.54, 1.807) is 6.92 Å². The van der Waals surface area contributed by atoms with Crippen molar-refractivity contribution in [3.05, 3.63) is 4.91 Å². The highest BCUT2D eigenvalue weighted by Crippen LogP contribution is 2.23. The first-order chi connectivity index (χ1) is 5.75. The van der Waals surface area contributed by atoms with E-state index in [-0.39, 0.29) is 17.7 Å². The standard InChI is InChI=1S/C9H15NO2/c1-7(10-12)8-5-3-2-4-6-9(8)11/h7-8H,2-6H2,1H3. The summed E-state index contributed by atoms with van der Waals surface area (Å²) in [4.78, 5) is 21.7. The molecule has 12 heavy (non-hydrogen) atoms. The quantitative estimate of drug-likeness (QED) is 0.470. The topological polar surface area (TPSA) is 46.5 Å². The lowest BCUT2D eigenvalue weighted by molar-refractivity contribution is -0.123. The Morgan fingerprint density at radius 1 is 1.42 bits per heavy atom. The molecule has 0 N–H and O–H groups in total. The Bertz CT molecular complexity index is 179. The van der Waals surface area contributed by atoms with Gasteiger partial charge in [0.25, 0.3) is 0 Å². The molecule has 1 fully saturated rings. The van der Waals surface area contributed by atoms with E-state index >= 15 is 0 Å². The lowest BCUT2D eigenvalue weighted by atomic mass is 9.92. The molecule has 68 valence electrons. The Balaban J connectivity index is 2.58. The zero-order chi connectivity index (χ0) is 8.97. The highest BCUT2D eigenvalue weighted by Gasteiger charge is 2.26. The molecule has 1 aliphatic rings. The summed E-state index contributed by atoms with van der Waals surface area (Å²) in [5.74, 6) is 0.143. The van der Waals surface area contributed by atoms with Crippen LogP contribution in [0.3, 0.4) is 0 Å². The van der Waals surface area contributed by atoms with Crippen molar-refractivity contribution in [2.24, 2.45) is 11.1 Å². The van der Waals surface area contributed by atoms with E-state index in [0.29, 0.717) is 6.42 Å². The molecule has 0 heterocycles. The van der Waals surface area contributed by atoms with Crippen molar-refractivity contribution < 1.29 is 4.79 Å². The second-order valence-corrected chi connectivity index (χ2v) is 3.52. The predicted molar refractivity (Wildman–Crippen MR) is 46.8 cm³/mol. The zero-order valence-electron chi connectivity index (χ0n) is 7.45. The molecule has 2 atom stereocenters. The van der Waals surface area contributed by atoms with Crippen LogP contribution in [0.15, 0.2) is 5.18 Å². The van der Waals surface area contributed by atoms with Crippen molar-refractivity contribution in [3.8, 4) is 0 Å². The number of ketones is 1. The molecule has 0 aromatic heterocycles. The fourth-order valence-corrected chi connectivity index (χ4v) is 1.77. The van der Waals surface area contributed by atoms with Gasteiger partial charge in [0.15, 0.2) is 0 Å². The smallest absolute Gasteiger partial charge is 0.138 e. The number of hydrogen-bond acceptors (Lipinski definition) is 3. The Morgan fingerprint density at radius 3 is 2.83 bits per heavy atom. The highest BCUT2D eigenvalue weighted by atomic mass is 16.3. The predicted octanol–water partition coefficient (Wildman–Crippen LogP) is 2.29. The molecule has 3 nitrogen and oxygen atoms in total. The lowest BCUT2D eigenvalue weighted by Crippen LogP contribution is -2.23. The molecule has 0 saturated heterocycles. The fourth-order valence-electron chi connectivity index (χ4n) is 1.77. The molecule has 1 aliphatic carbocycles. The van der Waals surface area contributed by atoms with Gasteiger partial charge in [0, 0.05) is 12.3 Å². The van der Waals surface area contributed by atoms with Gasteiger partial charge >= 0.3 is 0 Å². The molecule has 0 aromatic rings. The van der Waals surface area contributed by atoms with Crippen molar-refractivity contribution in [1.82, 2.24) is 0 Å². The van der Waals surface area contributed by atoms with Crippen molar-refractivity contribution >= 4 is 5.78 Å². The van der Waals surface area contributed by atoms with E-state index in [2.05, 4.69) is 5.18 Å². The zero-order valence-corrected chi connectivity index (χ0v) is 7.45. The molecule has 3 heteroatoms. The van der Waals surface area contributed by atoms with Gasteiger partial charge in [-0.3, -0.25) is 4.79 Å². The van der Waals surface area contributed by atoms with Gasteiger partial charge in [0.1, 0.15) is 5.78 Å². The Kier molecular flexibility index (Phi) is 3.38. The van der Waals surface area contributed by atoms with E-state index in [9.17, 15) is 9.70 Å². The Labute approximate surface area is 72.5 Å². The number of Topliss-reactive ketones (excluding diaryl/α,β-unsaturated/α-hetero) is 1. The molecule has 1 saturated carbocycles. The van der Waals surface area contributed by atoms with Crippen LogP contribution in [-0.2, 0) is 4.79 Å². The summed E-state index contributed by atoms with van der Waals surface area (Å²) in [6.45, 7) is 1.74. The molecule has 0 amide bonds. The van der Waals surface area contributed by atoms with Gasteiger partial charge < -0.3 is 0 Å². The van der Waals surface area contributed by atoms with Gasteiger partial charge in [-0.15, -0.1) is 0 Å². The monoisotopic (exact) mass is 169 g/mol. The molecule has 0 bridgehead atoms. The van der Waals surface area contributed by atoms with Crippen LogP contribution in [0.4, 0.5) is 0 Å². The summed E-state index contributed by atoms with van der Waals surface area (Å²) >= 11 is 0. The van der Waals surface area contributed by atoms with E-state index in [0.717, 1.165) is 25.7 Å². The van der Waals surface area contributed by atoms with Crippen LogP contribution in [0.1, 0.15) is 39.0 Å². The number of hydrogen-bond donors (Lipinski definition) is 0.